The van der Waals surface area contributed by atoms with E-state index >= 15 is 0 Å². The molecule has 0 heterocycles. The van der Waals surface area contributed by atoms with Gasteiger partial charge in [-0.25, -0.2) is 0 Å². The lowest BCUT2D eigenvalue weighted by atomic mass is 10.0. The fraction of sp³-hybridized carbons (Fsp3) is 0.625. The Morgan fingerprint density at radius 1 is 0.952 bits per heavy atom. The number of hydrogen-bond donors (Lipinski definition) is 1. The van der Waals surface area contributed by atoms with Crippen LogP contribution < -0.4 is 19.5 Å². The molecule has 0 aliphatic rings. The zero-order chi connectivity index (χ0) is 15.8. The molecule has 1 aromatic carbocycles. The summed E-state index contributed by atoms with van der Waals surface area (Å²) >= 11 is 0. The van der Waals surface area contributed by atoms with Crippen molar-refractivity contribution < 1.29 is 18.9 Å². The SMILES string of the molecule is COCC(NCc1c(OC)cc(OC)cc1OC)C(C)C. The Morgan fingerprint density at radius 3 is 1.90 bits per heavy atom. The number of hydrogen-bond acceptors (Lipinski definition) is 5. The maximum absolute atomic E-state index is 5.45. The average Bonchev–Trinajstić information content (AvgIpc) is 2.50. The van der Waals surface area contributed by atoms with Gasteiger partial charge in [0.05, 0.1) is 33.5 Å². The van der Waals surface area contributed by atoms with Crippen LogP contribution in [0.3, 0.4) is 0 Å². The molecule has 21 heavy (non-hydrogen) atoms. The summed E-state index contributed by atoms with van der Waals surface area (Å²) < 4.78 is 21.4. The summed E-state index contributed by atoms with van der Waals surface area (Å²) in [5, 5.41) is 3.50. The number of nitrogens with one attached hydrogen (secondary N) is 1. The highest BCUT2D eigenvalue weighted by Crippen LogP contribution is 2.34. The van der Waals surface area contributed by atoms with Gasteiger partial charge in [-0.3, -0.25) is 0 Å². The predicted molar refractivity (Wildman–Crippen MR) is 83.4 cm³/mol. The number of benzene rings is 1. The highest BCUT2D eigenvalue weighted by Gasteiger charge is 2.17. The normalized spacial score (nSPS) is 12.3. The van der Waals surface area contributed by atoms with Crippen LogP contribution in [0.15, 0.2) is 12.1 Å². The van der Waals surface area contributed by atoms with Crippen molar-refractivity contribution in [2.45, 2.75) is 26.4 Å². The van der Waals surface area contributed by atoms with Crippen molar-refractivity contribution in [2.24, 2.45) is 5.92 Å². The Kier molecular flexibility index (Phi) is 7.32. The monoisotopic (exact) mass is 297 g/mol. The average molecular weight is 297 g/mol. The smallest absolute Gasteiger partial charge is 0.130 e. The Morgan fingerprint density at radius 2 is 1.52 bits per heavy atom. The van der Waals surface area contributed by atoms with Gasteiger partial charge in [-0.05, 0) is 5.92 Å². The quantitative estimate of drug-likeness (QED) is 0.759. The summed E-state index contributed by atoms with van der Waals surface area (Å²) in [5.41, 5.74) is 0.975. The first kappa shape index (κ1) is 17.6. The Balaban J connectivity index is 2.95. The second-order valence-electron chi connectivity index (χ2n) is 5.20. The van der Waals surface area contributed by atoms with Crippen LogP contribution in [-0.2, 0) is 11.3 Å². The maximum atomic E-state index is 5.45. The number of methoxy groups -OCH3 is 4. The van der Waals surface area contributed by atoms with E-state index in [1.54, 1.807) is 28.4 Å². The molecule has 1 N–H and O–H groups in total. The van der Waals surface area contributed by atoms with E-state index in [0.717, 1.165) is 17.1 Å². The maximum Gasteiger partial charge on any atom is 0.130 e. The van der Waals surface area contributed by atoms with Crippen molar-refractivity contribution in [3.63, 3.8) is 0 Å². The third kappa shape index (κ3) is 4.79. The Bertz CT molecular complexity index is 409. The van der Waals surface area contributed by atoms with Gasteiger partial charge in [0, 0.05) is 31.8 Å². The van der Waals surface area contributed by atoms with Crippen LogP contribution in [0, 0.1) is 5.92 Å². The Labute approximate surface area is 127 Å². The molecule has 0 amide bonds. The number of rotatable bonds is 9. The Hall–Kier alpha value is -1.46. The van der Waals surface area contributed by atoms with Gasteiger partial charge in [-0.2, -0.15) is 0 Å². The molecule has 5 heteroatoms. The van der Waals surface area contributed by atoms with Crippen molar-refractivity contribution in [2.75, 3.05) is 35.0 Å². The van der Waals surface area contributed by atoms with Crippen molar-refractivity contribution in [1.82, 2.24) is 5.32 Å². The second kappa shape index (κ2) is 8.74. The van der Waals surface area contributed by atoms with Crippen molar-refractivity contribution in [3.8, 4) is 17.2 Å². The molecular formula is C16H27NO4. The van der Waals surface area contributed by atoms with Gasteiger partial charge in [0.25, 0.3) is 0 Å². The minimum Gasteiger partial charge on any atom is -0.496 e. The van der Waals surface area contributed by atoms with E-state index in [1.807, 2.05) is 12.1 Å². The molecule has 0 spiro atoms. The molecule has 1 atom stereocenters. The molecule has 0 saturated heterocycles. The summed E-state index contributed by atoms with van der Waals surface area (Å²) in [6.07, 6.45) is 0. The predicted octanol–water partition coefficient (Wildman–Crippen LogP) is 2.47. The molecule has 1 aromatic rings. The zero-order valence-corrected chi connectivity index (χ0v) is 13.9. The van der Waals surface area contributed by atoms with Gasteiger partial charge in [-0.15, -0.1) is 0 Å². The standard InChI is InChI=1S/C16H27NO4/c1-11(2)14(10-18-3)17-9-13-15(20-5)7-12(19-4)8-16(13)21-6/h7-8,11,14,17H,9-10H2,1-6H3. The van der Waals surface area contributed by atoms with E-state index < -0.39 is 0 Å². The molecule has 1 rings (SSSR count). The van der Waals surface area contributed by atoms with Crippen LogP contribution in [0.5, 0.6) is 17.2 Å². The van der Waals surface area contributed by atoms with Crippen LogP contribution in [0.1, 0.15) is 19.4 Å². The van der Waals surface area contributed by atoms with Crippen molar-refractivity contribution in [1.29, 1.82) is 0 Å². The van der Waals surface area contributed by atoms with E-state index in [9.17, 15) is 0 Å². The largest absolute Gasteiger partial charge is 0.496 e. The third-order valence-electron chi connectivity index (χ3n) is 3.51. The summed E-state index contributed by atoms with van der Waals surface area (Å²) in [6, 6.07) is 3.99. The van der Waals surface area contributed by atoms with Crippen LogP contribution >= 0.6 is 0 Å². The van der Waals surface area contributed by atoms with Gasteiger partial charge in [0.2, 0.25) is 0 Å². The first-order chi connectivity index (χ1) is 10.1. The molecule has 0 bridgehead atoms. The molecule has 120 valence electrons. The van der Waals surface area contributed by atoms with Crippen LogP contribution in [0.25, 0.3) is 0 Å². The first-order valence-electron chi connectivity index (χ1n) is 7.08. The molecule has 0 aromatic heterocycles. The lowest BCUT2D eigenvalue weighted by Gasteiger charge is -2.23. The van der Waals surface area contributed by atoms with Gasteiger partial charge in [0.1, 0.15) is 17.2 Å². The molecule has 0 fully saturated rings. The molecule has 0 saturated carbocycles. The molecule has 0 aliphatic heterocycles. The van der Waals surface area contributed by atoms with E-state index in [1.165, 1.54) is 0 Å². The summed E-state index contributed by atoms with van der Waals surface area (Å²) in [6.45, 7) is 5.64. The van der Waals surface area contributed by atoms with E-state index in [-0.39, 0.29) is 6.04 Å². The van der Waals surface area contributed by atoms with Gasteiger partial charge in [-0.1, -0.05) is 13.8 Å². The third-order valence-corrected chi connectivity index (χ3v) is 3.51. The lowest BCUT2D eigenvalue weighted by Crippen LogP contribution is -2.37. The minimum absolute atomic E-state index is 0.270. The highest BCUT2D eigenvalue weighted by atomic mass is 16.5. The highest BCUT2D eigenvalue weighted by molar-refractivity contribution is 5.50. The van der Waals surface area contributed by atoms with Gasteiger partial charge >= 0.3 is 0 Å². The molecule has 5 nitrogen and oxygen atoms in total. The van der Waals surface area contributed by atoms with Crippen LogP contribution in [0.2, 0.25) is 0 Å². The van der Waals surface area contributed by atoms with Gasteiger partial charge < -0.3 is 24.3 Å². The molecular weight excluding hydrogens is 270 g/mol. The van der Waals surface area contributed by atoms with Crippen molar-refractivity contribution in [3.05, 3.63) is 17.7 Å². The van der Waals surface area contributed by atoms with Gasteiger partial charge in [0.15, 0.2) is 0 Å². The van der Waals surface area contributed by atoms with Crippen LogP contribution in [0.4, 0.5) is 0 Å². The van der Waals surface area contributed by atoms with Crippen LogP contribution in [-0.4, -0.2) is 41.1 Å². The van der Waals surface area contributed by atoms with E-state index in [2.05, 4.69) is 19.2 Å². The first-order valence-corrected chi connectivity index (χ1v) is 7.08. The fourth-order valence-electron chi connectivity index (χ4n) is 2.15. The number of ether oxygens (including phenoxy) is 4. The molecule has 0 aliphatic carbocycles. The van der Waals surface area contributed by atoms with Crippen molar-refractivity contribution >= 4 is 0 Å². The summed E-state index contributed by atoms with van der Waals surface area (Å²) in [7, 11) is 6.63. The van der Waals surface area contributed by atoms with E-state index in [0.29, 0.717) is 24.8 Å². The zero-order valence-electron chi connectivity index (χ0n) is 13.9. The summed E-state index contributed by atoms with van der Waals surface area (Å²) in [4.78, 5) is 0. The van der Waals surface area contributed by atoms with E-state index in [4.69, 9.17) is 18.9 Å². The molecule has 1 unspecified atom stereocenters. The molecule has 0 radical (unpaired) electrons. The fourth-order valence-corrected chi connectivity index (χ4v) is 2.15. The topological polar surface area (TPSA) is 49.0 Å². The lowest BCUT2D eigenvalue weighted by molar-refractivity contribution is 0.146. The second-order valence-corrected chi connectivity index (χ2v) is 5.20. The minimum atomic E-state index is 0.270. The summed E-state index contributed by atoms with van der Waals surface area (Å²) in [5.74, 6) is 2.68.